The zero-order valence-corrected chi connectivity index (χ0v) is 17.6. The summed E-state index contributed by atoms with van der Waals surface area (Å²) in [6.07, 6.45) is 10.4. The number of hydrogen-bond acceptors (Lipinski definition) is 7. The number of pyridine rings is 1. The molecule has 5 heterocycles. The van der Waals surface area contributed by atoms with Crippen molar-refractivity contribution in [2.75, 3.05) is 11.1 Å². The highest BCUT2D eigenvalue weighted by Gasteiger charge is 2.37. The molecule has 1 saturated carbocycles. The Hall–Kier alpha value is -3.00. The molecule has 1 aliphatic carbocycles. The quantitative estimate of drug-likeness (QED) is 0.547. The van der Waals surface area contributed by atoms with E-state index in [-0.39, 0.29) is 11.7 Å². The highest BCUT2D eigenvalue weighted by molar-refractivity contribution is 6.00. The molecule has 160 valence electrons. The van der Waals surface area contributed by atoms with Crippen molar-refractivity contribution in [1.29, 1.82) is 0 Å². The summed E-state index contributed by atoms with van der Waals surface area (Å²) in [5.41, 5.74) is 10.4. The second-order valence-electron chi connectivity index (χ2n) is 9.26. The first-order valence-electron chi connectivity index (χ1n) is 11.2. The van der Waals surface area contributed by atoms with E-state index in [1.165, 1.54) is 25.7 Å². The number of carbonyl (C=O) groups excluding carboxylic acids is 1. The van der Waals surface area contributed by atoms with Crippen molar-refractivity contribution in [1.82, 2.24) is 24.9 Å². The summed E-state index contributed by atoms with van der Waals surface area (Å²) >= 11 is 0. The van der Waals surface area contributed by atoms with E-state index in [9.17, 15) is 4.79 Å². The first kappa shape index (κ1) is 18.7. The van der Waals surface area contributed by atoms with Crippen LogP contribution in [0.5, 0.6) is 0 Å². The number of carbonyl (C=O) groups is 1. The van der Waals surface area contributed by atoms with Gasteiger partial charge < -0.3 is 16.4 Å². The third kappa shape index (κ3) is 3.26. The molecule has 3 aromatic heterocycles. The highest BCUT2D eigenvalue weighted by atomic mass is 16.1. The Kier molecular flexibility index (Phi) is 4.24. The number of hydrogen-bond donors (Lipinski definition) is 3. The Balaban J connectivity index is 1.44. The summed E-state index contributed by atoms with van der Waals surface area (Å²) in [5.74, 6) is 1.45. The Morgan fingerprint density at radius 3 is 2.58 bits per heavy atom. The molecule has 8 heteroatoms. The van der Waals surface area contributed by atoms with Crippen LogP contribution in [0.1, 0.15) is 67.4 Å². The highest BCUT2D eigenvalue weighted by Crippen LogP contribution is 2.40. The van der Waals surface area contributed by atoms with Gasteiger partial charge in [0.25, 0.3) is 0 Å². The number of piperidine rings is 1. The van der Waals surface area contributed by atoms with Crippen LogP contribution < -0.4 is 16.4 Å². The summed E-state index contributed by atoms with van der Waals surface area (Å²) in [5, 5.41) is 11.5. The zero-order valence-electron chi connectivity index (χ0n) is 17.6. The fourth-order valence-electron chi connectivity index (χ4n) is 5.25. The van der Waals surface area contributed by atoms with Crippen molar-refractivity contribution >= 4 is 23.1 Å². The molecule has 0 radical (unpaired) electrons. The van der Waals surface area contributed by atoms with Crippen molar-refractivity contribution in [2.45, 2.75) is 69.5 Å². The van der Waals surface area contributed by atoms with Gasteiger partial charge in [-0.25, -0.2) is 9.97 Å². The third-order valence-electron chi connectivity index (χ3n) is 6.93. The molecule has 3 fully saturated rings. The summed E-state index contributed by atoms with van der Waals surface area (Å²) in [7, 11) is 0. The van der Waals surface area contributed by atoms with Gasteiger partial charge in [0.1, 0.15) is 11.6 Å². The molecule has 3 atom stereocenters. The Labute approximate surface area is 180 Å². The summed E-state index contributed by atoms with van der Waals surface area (Å²) in [4.78, 5) is 22.1. The molecule has 0 aromatic carbocycles. The van der Waals surface area contributed by atoms with Crippen LogP contribution in [0.3, 0.4) is 0 Å². The van der Waals surface area contributed by atoms with Gasteiger partial charge in [0.05, 0.1) is 17.5 Å². The van der Waals surface area contributed by atoms with Crippen molar-refractivity contribution in [3.8, 4) is 11.1 Å². The van der Waals surface area contributed by atoms with E-state index >= 15 is 0 Å². The minimum Gasteiger partial charge on any atom is -0.383 e. The Morgan fingerprint density at radius 2 is 1.94 bits per heavy atom. The second-order valence-corrected chi connectivity index (χ2v) is 9.26. The van der Waals surface area contributed by atoms with Gasteiger partial charge in [0.2, 0.25) is 0 Å². The second kappa shape index (κ2) is 7.02. The number of ketones is 1. The number of nitrogen functional groups attached to an aromatic ring is 1. The maximum Gasteiger partial charge on any atom is 0.165 e. The van der Waals surface area contributed by atoms with E-state index in [0.29, 0.717) is 35.2 Å². The van der Waals surface area contributed by atoms with Gasteiger partial charge in [0.15, 0.2) is 11.4 Å². The molecule has 2 aliphatic heterocycles. The van der Waals surface area contributed by atoms with E-state index in [1.807, 2.05) is 18.3 Å². The van der Waals surface area contributed by atoms with Gasteiger partial charge in [-0.3, -0.25) is 4.79 Å². The standard InChI is InChI=1S/C23H27N7O/c1-12(31)20-21(14-8-16-5-6-17(9-14)27-16)29-23-18(11-26-30(23)22(20)24)13-2-7-19(25-10-13)28-15-3-4-15/h2,7,10-11,14-17,27H,3-6,8-9,24H2,1H3,(H,25,28)/t14-,16+,17-. The van der Waals surface area contributed by atoms with Crippen LogP contribution in [0.2, 0.25) is 0 Å². The van der Waals surface area contributed by atoms with Gasteiger partial charge in [-0.15, -0.1) is 0 Å². The fourth-order valence-corrected chi connectivity index (χ4v) is 5.25. The molecule has 0 amide bonds. The number of nitrogens with zero attached hydrogens (tertiary/aromatic N) is 4. The van der Waals surface area contributed by atoms with Gasteiger partial charge in [0, 0.05) is 41.4 Å². The van der Waals surface area contributed by atoms with Crippen LogP contribution in [-0.4, -0.2) is 43.5 Å². The topological polar surface area (TPSA) is 110 Å². The van der Waals surface area contributed by atoms with Crippen LogP contribution in [0.15, 0.2) is 24.5 Å². The molecule has 4 N–H and O–H groups in total. The minimum absolute atomic E-state index is 0.0537. The molecular weight excluding hydrogens is 390 g/mol. The predicted molar refractivity (Wildman–Crippen MR) is 119 cm³/mol. The normalized spacial score (nSPS) is 25.1. The molecule has 2 saturated heterocycles. The molecule has 6 rings (SSSR count). The number of aromatic nitrogens is 4. The number of nitrogens with two attached hydrogens (primary N) is 1. The number of nitrogens with one attached hydrogen (secondary N) is 2. The lowest BCUT2D eigenvalue weighted by molar-refractivity contribution is 0.101. The molecule has 31 heavy (non-hydrogen) atoms. The van der Waals surface area contributed by atoms with E-state index in [4.69, 9.17) is 10.7 Å². The van der Waals surface area contributed by atoms with E-state index in [2.05, 4.69) is 20.7 Å². The third-order valence-corrected chi connectivity index (χ3v) is 6.93. The van der Waals surface area contributed by atoms with Gasteiger partial charge in [-0.1, -0.05) is 0 Å². The average Bonchev–Trinajstić information content (AvgIpc) is 3.37. The van der Waals surface area contributed by atoms with Crippen LogP contribution in [0, 0.1) is 0 Å². The van der Waals surface area contributed by atoms with Crippen molar-refractivity contribution in [3.63, 3.8) is 0 Å². The molecular formula is C23H27N7O. The number of Topliss-reactive ketones (excluding diaryl/α,β-unsaturated/α-hetero) is 1. The summed E-state index contributed by atoms with van der Waals surface area (Å²) in [6, 6.07) is 5.60. The summed E-state index contributed by atoms with van der Waals surface area (Å²) < 4.78 is 1.60. The predicted octanol–water partition coefficient (Wildman–Crippen LogP) is 3.15. The molecule has 2 bridgehead atoms. The van der Waals surface area contributed by atoms with Crippen LogP contribution in [-0.2, 0) is 0 Å². The van der Waals surface area contributed by atoms with E-state index in [1.54, 1.807) is 17.6 Å². The smallest absolute Gasteiger partial charge is 0.165 e. The maximum atomic E-state index is 12.6. The Bertz CT molecular complexity index is 1150. The lowest BCUT2D eigenvalue weighted by atomic mass is 9.86. The first-order chi connectivity index (χ1) is 15.1. The number of rotatable bonds is 5. The SMILES string of the molecule is CC(=O)c1c([C@H]2C[C@H]3CC[C@@H](C2)N3)nc2c(-c3ccc(NC4CC4)nc3)cnn2c1N. The monoisotopic (exact) mass is 417 g/mol. The number of fused-ring (bicyclic) bond motifs is 3. The van der Waals surface area contributed by atoms with Gasteiger partial charge >= 0.3 is 0 Å². The lowest BCUT2D eigenvalue weighted by Gasteiger charge is -2.30. The van der Waals surface area contributed by atoms with Crippen molar-refractivity contribution < 1.29 is 4.79 Å². The van der Waals surface area contributed by atoms with Crippen LogP contribution in [0.25, 0.3) is 16.8 Å². The fraction of sp³-hybridized carbons (Fsp3) is 0.478. The average molecular weight is 418 g/mol. The number of anilines is 2. The molecule has 8 nitrogen and oxygen atoms in total. The molecule has 3 aromatic rings. The van der Waals surface area contributed by atoms with Crippen LogP contribution >= 0.6 is 0 Å². The molecule has 0 spiro atoms. The zero-order chi connectivity index (χ0) is 21.1. The molecule has 0 unspecified atom stereocenters. The van der Waals surface area contributed by atoms with Crippen molar-refractivity contribution in [3.05, 3.63) is 35.8 Å². The lowest BCUT2D eigenvalue weighted by Crippen LogP contribution is -2.38. The Morgan fingerprint density at radius 1 is 1.16 bits per heavy atom. The van der Waals surface area contributed by atoms with Gasteiger partial charge in [-0.2, -0.15) is 9.61 Å². The van der Waals surface area contributed by atoms with Crippen molar-refractivity contribution in [2.24, 2.45) is 0 Å². The maximum absolute atomic E-state index is 12.6. The summed E-state index contributed by atoms with van der Waals surface area (Å²) in [6.45, 7) is 1.57. The van der Waals surface area contributed by atoms with Gasteiger partial charge in [-0.05, 0) is 57.6 Å². The minimum atomic E-state index is -0.0537. The largest absolute Gasteiger partial charge is 0.383 e. The van der Waals surface area contributed by atoms with E-state index < -0.39 is 0 Å². The van der Waals surface area contributed by atoms with Crippen LogP contribution in [0.4, 0.5) is 11.6 Å². The van der Waals surface area contributed by atoms with E-state index in [0.717, 1.165) is 35.5 Å². The first-order valence-corrected chi connectivity index (χ1v) is 11.2. The molecule has 3 aliphatic rings.